The zero-order chi connectivity index (χ0) is 15.1. The average Bonchev–Trinajstić information content (AvgIpc) is 2.86. The second-order valence-electron chi connectivity index (χ2n) is 5.50. The number of aryl methyl sites for hydroxylation is 2. The Balaban J connectivity index is 2.11. The van der Waals surface area contributed by atoms with E-state index < -0.39 is 5.97 Å². The van der Waals surface area contributed by atoms with E-state index in [0.717, 1.165) is 24.2 Å². The lowest BCUT2D eigenvalue weighted by Crippen LogP contribution is -2.35. The van der Waals surface area contributed by atoms with Crippen LogP contribution in [0.2, 0.25) is 0 Å². The third-order valence-corrected chi connectivity index (χ3v) is 5.09. The van der Waals surface area contributed by atoms with Crippen molar-refractivity contribution in [2.75, 3.05) is 11.4 Å². The Labute approximate surface area is 128 Å². The average molecular weight is 302 g/mol. The van der Waals surface area contributed by atoms with Gasteiger partial charge in [0.2, 0.25) is 0 Å². The minimum absolute atomic E-state index is 0.159. The summed E-state index contributed by atoms with van der Waals surface area (Å²) >= 11 is 1.78. The molecule has 2 aromatic rings. The molecule has 3 heterocycles. The maximum Gasteiger partial charge on any atom is 0.339 e. The lowest BCUT2D eigenvalue weighted by Gasteiger charge is -2.35. The summed E-state index contributed by atoms with van der Waals surface area (Å²) in [5.74, 6) is -0.303. The standard InChI is InChI=1S/C16H18N2O2S/c1-9-8-10(2)17-15(14(9)16(19)20)18-6-4-13-12(11(18)3)5-7-21-13/h5,7-8,11H,4,6H2,1-3H3,(H,19,20). The van der Waals surface area contributed by atoms with Crippen LogP contribution in [0.25, 0.3) is 0 Å². The summed E-state index contributed by atoms with van der Waals surface area (Å²) in [7, 11) is 0. The van der Waals surface area contributed by atoms with Crippen LogP contribution in [0.15, 0.2) is 17.5 Å². The Bertz CT molecular complexity index is 708. The highest BCUT2D eigenvalue weighted by atomic mass is 32.1. The molecule has 3 rings (SSSR count). The number of nitrogens with zero attached hydrogens (tertiary/aromatic N) is 2. The third-order valence-electron chi connectivity index (χ3n) is 4.09. The van der Waals surface area contributed by atoms with Crippen LogP contribution in [-0.4, -0.2) is 22.6 Å². The van der Waals surface area contributed by atoms with Crippen LogP contribution in [0.5, 0.6) is 0 Å². The number of hydrogen-bond acceptors (Lipinski definition) is 4. The Kier molecular flexibility index (Phi) is 3.45. The van der Waals surface area contributed by atoms with Crippen LogP contribution < -0.4 is 4.90 Å². The molecule has 1 N–H and O–H groups in total. The van der Waals surface area contributed by atoms with Crippen LogP contribution in [0.1, 0.15) is 45.0 Å². The predicted molar refractivity (Wildman–Crippen MR) is 84.5 cm³/mol. The van der Waals surface area contributed by atoms with Crippen molar-refractivity contribution in [1.82, 2.24) is 4.98 Å². The van der Waals surface area contributed by atoms with Gasteiger partial charge in [0.05, 0.1) is 6.04 Å². The van der Waals surface area contributed by atoms with Crippen molar-refractivity contribution in [3.63, 3.8) is 0 Å². The molecule has 0 fully saturated rings. The molecule has 2 aromatic heterocycles. The molecule has 0 amide bonds. The van der Waals surface area contributed by atoms with Crippen molar-refractivity contribution in [2.24, 2.45) is 0 Å². The van der Waals surface area contributed by atoms with E-state index in [1.807, 2.05) is 19.9 Å². The summed E-state index contributed by atoms with van der Waals surface area (Å²) in [6.07, 6.45) is 0.949. The van der Waals surface area contributed by atoms with Gasteiger partial charge in [-0.2, -0.15) is 0 Å². The molecule has 0 aliphatic carbocycles. The summed E-state index contributed by atoms with van der Waals surface area (Å²) < 4.78 is 0. The van der Waals surface area contributed by atoms with E-state index in [0.29, 0.717) is 11.4 Å². The zero-order valence-corrected chi connectivity index (χ0v) is 13.2. The minimum atomic E-state index is -0.904. The zero-order valence-electron chi connectivity index (χ0n) is 12.4. The first-order valence-corrected chi connectivity index (χ1v) is 7.91. The van der Waals surface area contributed by atoms with Crippen molar-refractivity contribution < 1.29 is 9.90 Å². The lowest BCUT2D eigenvalue weighted by atomic mass is 10.00. The highest BCUT2D eigenvalue weighted by molar-refractivity contribution is 7.10. The van der Waals surface area contributed by atoms with Crippen molar-refractivity contribution in [1.29, 1.82) is 0 Å². The quantitative estimate of drug-likeness (QED) is 0.921. The molecule has 5 heteroatoms. The Morgan fingerprint density at radius 2 is 2.24 bits per heavy atom. The summed E-state index contributed by atoms with van der Waals surface area (Å²) in [6, 6.07) is 4.13. The van der Waals surface area contributed by atoms with Gasteiger partial charge in [0.15, 0.2) is 0 Å². The minimum Gasteiger partial charge on any atom is -0.478 e. The monoisotopic (exact) mass is 302 g/mol. The van der Waals surface area contributed by atoms with Gasteiger partial charge in [-0.25, -0.2) is 9.78 Å². The second-order valence-corrected chi connectivity index (χ2v) is 6.50. The maximum absolute atomic E-state index is 11.6. The molecule has 4 nitrogen and oxygen atoms in total. The SMILES string of the molecule is Cc1cc(C)c(C(=O)O)c(N2CCc3sccc3C2C)n1. The molecule has 1 atom stereocenters. The Morgan fingerprint density at radius 1 is 1.48 bits per heavy atom. The van der Waals surface area contributed by atoms with Gasteiger partial charge in [0.25, 0.3) is 0 Å². The molecule has 0 bridgehead atoms. The smallest absolute Gasteiger partial charge is 0.339 e. The molecule has 0 aromatic carbocycles. The summed E-state index contributed by atoms with van der Waals surface area (Å²) in [5.41, 5.74) is 3.25. The van der Waals surface area contributed by atoms with Gasteiger partial charge in [-0.1, -0.05) is 0 Å². The van der Waals surface area contributed by atoms with Crippen LogP contribution in [0, 0.1) is 13.8 Å². The molecule has 0 spiro atoms. The summed E-state index contributed by atoms with van der Waals surface area (Å²) in [6.45, 7) is 6.68. The topological polar surface area (TPSA) is 53.4 Å². The molecule has 0 radical (unpaired) electrons. The Morgan fingerprint density at radius 3 is 2.95 bits per heavy atom. The fourth-order valence-electron chi connectivity index (χ4n) is 3.09. The van der Waals surface area contributed by atoms with Crippen LogP contribution in [-0.2, 0) is 6.42 Å². The van der Waals surface area contributed by atoms with Gasteiger partial charge in [-0.15, -0.1) is 11.3 Å². The molecule has 110 valence electrons. The number of carboxylic acid groups (broad SMARTS) is 1. The summed E-state index contributed by atoms with van der Waals surface area (Å²) in [5, 5.41) is 11.7. The van der Waals surface area contributed by atoms with Gasteiger partial charge in [0.1, 0.15) is 11.4 Å². The number of aromatic nitrogens is 1. The second kappa shape index (κ2) is 5.15. The predicted octanol–water partition coefficient (Wildman–Crippen LogP) is 3.58. The highest BCUT2D eigenvalue weighted by Gasteiger charge is 2.29. The first kappa shape index (κ1) is 14.1. The van der Waals surface area contributed by atoms with E-state index in [4.69, 9.17) is 0 Å². The molecular weight excluding hydrogens is 284 g/mol. The van der Waals surface area contributed by atoms with Gasteiger partial charge in [-0.3, -0.25) is 0 Å². The van der Waals surface area contributed by atoms with Crippen molar-refractivity contribution in [2.45, 2.75) is 33.2 Å². The number of rotatable bonds is 2. The van der Waals surface area contributed by atoms with Gasteiger partial charge < -0.3 is 10.0 Å². The van der Waals surface area contributed by atoms with Crippen LogP contribution in [0.4, 0.5) is 5.82 Å². The molecule has 1 aliphatic heterocycles. The van der Waals surface area contributed by atoms with E-state index >= 15 is 0 Å². The number of hydrogen-bond donors (Lipinski definition) is 1. The maximum atomic E-state index is 11.6. The fourth-order valence-corrected chi connectivity index (χ4v) is 4.05. The van der Waals surface area contributed by atoms with Crippen molar-refractivity contribution in [3.05, 3.63) is 44.8 Å². The molecular formula is C16H18N2O2S. The third kappa shape index (κ3) is 2.31. The van der Waals surface area contributed by atoms with E-state index in [-0.39, 0.29) is 6.04 Å². The van der Waals surface area contributed by atoms with E-state index in [9.17, 15) is 9.90 Å². The number of carbonyl (C=O) groups is 1. The van der Waals surface area contributed by atoms with Gasteiger partial charge in [0, 0.05) is 17.1 Å². The number of aromatic carboxylic acids is 1. The number of carboxylic acids is 1. The molecule has 0 saturated carbocycles. The molecule has 21 heavy (non-hydrogen) atoms. The lowest BCUT2D eigenvalue weighted by molar-refractivity contribution is 0.0696. The fraction of sp³-hybridized carbons (Fsp3) is 0.375. The van der Waals surface area contributed by atoms with Gasteiger partial charge >= 0.3 is 5.97 Å². The number of pyridine rings is 1. The van der Waals surface area contributed by atoms with Crippen LogP contribution >= 0.6 is 11.3 Å². The molecule has 1 aliphatic rings. The van der Waals surface area contributed by atoms with Crippen molar-refractivity contribution in [3.8, 4) is 0 Å². The Hall–Kier alpha value is -1.88. The number of thiophene rings is 1. The normalized spacial score (nSPS) is 17.7. The van der Waals surface area contributed by atoms with E-state index in [1.54, 1.807) is 11.3 Å². The highest BCUT2D eigenvalue weighted by Crippen LogP contribution is 2.37. The molecule has 1 unspecified atom stereocenters. The first-order valence-electron chi connectivity index (χ1n) is 7.03. The molecule has 0 saturated heterocycles. The van der Waals surface area contributed by atoms with Crippen LogP contribution in [0.3, 0.4) is 0 Å². The summed E-state index contributed by atoms with van der Waals surface area (Å²) in [4.78, 5) is 19.7. The van der Waals surface area contributed by atoms with Crippen molar-refractivity contribution >= 4 is 23.1 Å². The number of anilines is 1. The van der Waals surface area contributed by atoms with E-state index in [2.05, 4.69) is 28.3 Å². The first-order chi connectivity index (χ1) is 9.99. The van der Waals surface area contributed by atoms with E-state index in [1.165, 1.54) is 10.4 Å². The number of fused-ring (bicyclic) bond motifs is 1. The van der Waals surface area contributed by atoms with Gasteiger partial charge in [-0.05, 0) is 55.8 Å². The largest absolute Gasteiger partial charge is 0.478 e.